The maximum absolute atomic E-state index is 13.7. The Morgan fingerprint density at radius 1 is 0.845 bits per heavy atom. The SMILES string of the molecule is CCOC(=O)CCCN[C@H](CCC(=O)N1CCCCC1)C(=O)N[C@@H](Cc1ccccc1)[C@H](O)CNCc1cccc(OC)c1.O=C(O)C(F)(F)F.O=C(O)C(F)(F)F. The number of rotatable bonds is 19. The fourth-order valence-electron chi connectivity index (χ4n) is 5.36. The number of carbonyl (C=O) groups excluding carboxylic acids is 3. The minimum absolute atomic E-state index is 0.0541. The number of carbonyl (C=O) groups is 5. The number of amides is 2. The zero-order valence-corrected chi connectivity index (χ0v) is 32.2. The van der Waals surface area contributed by atoms with Crippen molar-refractivity contribution < 1.29 is 75.1 Å². The zero-order chi connectivity index (χ0) is 43.7. The second-order valence-corrected chi connectivity index (χ2v) is 12.9. The van der Waals surface area contributed by atoms with Crippen molar-refractivity contribution >= 4 is 29.7 Å². The fourth-order valence-corrected chi connectivity index (χ4v) is 5.36. The van der Waals surface area contributed by atoms with Crippen molar-refractivity contribution in [2.24, 2.45) is 0 Å². The largest absolute Gasteiger partial charge is 0.497 e. The van der Waals surface area contributed by atoms with Gasteiger partial charge < -0.3 is 45.6 Å². The van der Waals surface area contributed by atoms with Crippen molar-refractivity contribution in [3.63, 3.8) is 0 Å². The lowest BCUT2D eigenvalue weighted by Gasteiger charge is -2.29. The quantitative estimate of drug-likeness (QED) is 0.0669. The molecule has 1 fully saturated rings. The number of methoxy groups -OCH3 is 1. The highest BCUT2D eigenvalue weighted by Gasteiger charge is 2.39. The maximum Gasteiger partial charge on any atom is 0.490 e. The van der Waals surface area contributed by atoms with E-state index in [4.69, 9.17) is 29.3 Å². The van der Waals surface area contributed by atoms with Gasteiger partial charge in [-0.05, 0) is 75.3 Å². The number of benzene rings is 2. The molecule has 0 saturated carbocycles. The third kappa shape index (κ3) is 22.1. The number of aliphatic carboxylic acids is 2. The van der Waals surface area contributed by atoms with Crippen LogP contribution in [0, 0.1) is 0 Å². The van der Waals surface area contributed by atoms with E-state index in [-0.39, 0.29) is 37.2 Å². The van der Waals surface area contributed by atoms with Crippen molar-refractivity contribution in [1.82, 2.24) is 20.9 Å². The number of piperidine rings is 1. The molecule has 20 heteroatoms. The Hall–Kier alpha value is -4.95. The number of halogens is 6. The molecule has 3 atom stereocenters. The van der Waals surface area contributed by atoms with E-state index < -0.39 is 42.5 Å². The first-order chi connectivity index (χ1) is 27.3. The minimum atomic E-state index is -5.08. The van der Waals surface area contributed by atoms with Gasteiger partial charge in [0.15, 0.2) is 0 Å². The number of aliphatic hydroxyl groups excluding tert-OH is 1. The predicted molar refractivity (Wildman–Crippen MR) is 197 cm³/mol. The Labute approximate surface area is 332 Å². The Morgan fingerprint density at radius 2 is 1.43 bits per heavy atom. The number of hydrogen-bond acceptors (Lipinski definition) is 10. The number of alkyl halides is 6. The predicted octanol–water partition coefficient (Wildman–Crippen LogP) is 4.23. The van der Waals surface area contributed by atoms with Gasteiger partial charge in [0.1, 0.15) is 5.75 Å². The highest BCUT2D eigenvalue weighted by Crippen LogP contribution is 2.16. The number of hydrogen-bond donors (Lipinski definition) is 6. The lowest BCUT2D eigenvalue weighted by molar-refractivity contribution is -0.193. The average molecular weight is 839 g/mol. The van der Waals surface area contributed by atoms with Crippen LogP contribution in [0.3, 0.4) is 0 Å². The minimum Gasteiger partial charge on any atom is -0.497 e. The topological polar surface area (TPSA) is 204 Å². The van der Waals surface area contributed by atoms with Gasteiger partial charge in [-0.1, -0.05) is 42.5 Å². The Morgan fingerprint density at radius 3 is 1.98 bits per heavy atom. The number of ether oxygens (including phenoxy) is 2. The van der Waals surface area contributed by atoms with E-state index >= 15 is 0 Å². The maximum atomic E-state index is 13.7. The molecule has 14 nitrogen and oxygen atoms in total. The molecular weight excluding hydrogens is 786 g/mol. The van der Waals surface area contributed by atoms with E-state index in [9.17, 15) is 45.8 Å². The molecular formula is C38H52F6N4O10. The van der Waals surface area contributed by atoms with Gasteiger partial charge in [0.05, 0.1) is 31.9 Å². The van der Waals surface area contributed by atoms with Gasteiger partial charge >= 0.3 is 30.3 Å². The number of nitrogens with zero attached hydrogens (tertiary/aromatic N) is 1. The molecule has 0 radical (unpaired) electrons. The van der Waals surface area contributed by atoms with Crippen LogP contribution in [0.25, 0.3) is 0 Å². The summed E-state index contributed by atoms with van der Waals surface area (Å²) in [6.45, 7) is 4.83. The smallest absolute Gasteiger partial charge is 0.490 e. The first kappa shape index (κ1) is 51.1. The normalized spacial score (nSPS) is 14.3. The molecule has 0 aromatic heterocycles. The third-order valence-electron chi connectivity index (χ3n) is 8.32. The first-order valence-electron chi connectivity index (χ1n) is 18.4. The van der Waals surface area contributed by atoms with E-state index in [1.807, 2.05) is 59.5 Å². The summed E-state index contributed by atoms with van der Waals surface area (Å²) in [4.78, 5) is 58.1. The van der Waals surface area contributed by atoms with Crippen LogP contribution in [-0.2, 0) is 41.7 Å². The zero-order valence-electron chi connectivity index (χ0n) is 32.2. The lowest BCUT2D eigenvalue weighted by Crippen LogP contribution is -2.54. The number of esters is 1. The molecule has 2 aromatic rings. The van der Waals surface area contributed by atoms with Crippen LogP contribution in [0.5, 0.6) is 5.75 Å². The van der Waals surface area contributed by atoms with Gasteiger partial charge in [0.25, 0.3) is 0 Å². The van der Waals surface area contributed by atoms with Crippen LogP contribution < -0.4 is 20.7 Å². The summed E-state index contributed by atoms with van der Waals surface area (Å²) in [5.41, 5.74) is 2.01. The number of likely N-dealkylation sites (tertiary alicyclic amines) is 1. The van der Waals surface area contributed by atoms with Crippen LogP contribution in [0.15, 0.2) is 54.6 Å². The van der Waals surface area contributed by atoms with Crippen molar-refractivity contribution in [2.75, 3.05) is 39.9 Å². The van der Waals surface area contributed by atoms with E-state index in [0.29, 0.717) is 39.0 Å². The molecule has 3 rings (SSSR count). The summed E-state index contributed by atoms with van der Waals surface area (Å²) in [5, 5.41) is 35.1. The Kier molecular flexibility index (Phi) is 23.7. The van der Waals surface area contributed by atoms with Crippen LogP contribution >= 0.6 is 0 Å². The number of carboxylic acids is 2. The van der Waals surface area contributed by atoms with E-state index in [1.165, 1.54) is 0 Å². The Balaban J connectivity index is 0.00000102. The Bertz CT molecular complexity index is 1520. The molecule has 1 aliphatic rings. The lowest BCUT2D eigenvalue weighted by atomic mass is 9.99. The second kappa shape index (κ2) is 26.9. The molecule has 1 saturated heterocycles. The fraction of sp³-hybridized carbons (Fsp3) is 0.553. The highest BCUT2D eigenvalue weighted by atomic mass is 19.4. The summed E-state index contributed by atoms with van der Waals surface area (Å²) in [7, 11) is 1.62. The molecule has 6 N–H and O–H groups in total. The van der Waals surface area contributed by atoms with Gasteiger partial charge in [0.2, 0.25) is 11.8 Å². The molecule has 326 valence electrons. The number of nitrogens with one attached hydrogen (secondary N) is 3. The summed E-state index contributed by atoms with van der Waals surface area (Å²) in [6, 6.07) is 16.2. The van der Waals surface area contributed by atoms with Gasteiger partial charge in [-0.3, -0.25) is 14.4 Å². The highest BCUT2D eigenvalue weighted by molar-refractivity contribution is 5.83. The molecule has 0 unspecified atom stereocenters. The van der Waals surface area contributed by atoms with Crippen LogP contribution in [0.1, 0.15) is 63.0 Å². The molecule has 2 amide bonds. The standard InChI is InChI=1S/C34H50N4O6.2C2HF3O2/c1-3-44-33(41)16-11-19-36-29(17-18-32(40)38-20-8-5-9-21-38)34(42)37-30(23-26-12-6-4-7-13-26)31(39)25-35-24-27-14-10-15-28(22-27)43-2;2*3-2(4,5)1(6)7/h4,6-7,10,12-15,22,29-31,35-36,39H,3,5,8-9,11,16-21,23-25H2,1-2H3,(H,37,42);2*(H,6,7)/t29-,30+,31-;;/m1../s1. The van der Waals surface area contributed by atoms with Gasteiger partial charge in [-0.2, -0.15) is 26.3 Å². The third-order valence-corrected chi connectivity index (χ3v) is 8.32. The molecule has 1 aliphatic heterocycles. The van der Waals surface area contributed by atoms with Crippen LogP contribution in [0.2, 0.25) is 0 Å². The number of aliphatic hydroxyl groups is 1. The van der Waals surface area contributed by atoms with Crippen LogP contribution in [0.4, 0.5) is 26.3 Å². The van der Waals surface area contributed by atoms with Crippen molar-refractivity contribution in [3.05, 3.63) is 65.7 Å². The summed E-state index contributed by atoms with van der Waals surface area (Å²) in [5.74, 6) is -5.25. The number of carboxylic acid groups (broad SMARTS) is 2. The molecule has 0 bridgehead atoms. The molecule has 2 aromatic carbocycles. The molecule has 0 spiro atoms. The second-order valence-electron chi connectivity index (χ2n) is 12.9. The van der Waals surface area contributed by atoms with Gasteiger partial charge in [-0.15, -0.1) is 0 Å². The summed E-state index contributed by atoms with van der Waals surface area (Å²) < 4.78 is 73.8. The molecule has 1 heterocycles. The van der Waals surface area contributed by atoms with E-state index in [0.717, 1.165) is 49.2 Å². The first-order valence-corrected chi connectivity index (χ1v) is 18.4. The van der Waals surface area contributed by atoms with Gasteiger partial charge in [-0.25, -0.2) is 9.59 Å². The summed E-state index contributed by atoms with van der Waals surface area (Å²) >= 11 is 0. The van der Waals surface area contributed by atoms with Crippen molar-refractivity contribution in [3.8, 4) is 5.75 Å². The van der Waals surface area contributed by atoms with Gasteiger partial charge in [0, 0.05) is 39.0 Å². The monoisotopic (exact) mass is 838 g/mol. The molecule has 0 aliphatic carbocycles. The average Bonchev–Trinajstić information content (AvgIpc) is 3.17. The van der Waals surface area contributed by atoms with E-state index in [1.54, 1.807) is 14.0 Å². The van der Waals surface area contributed by atoms with Crippen LogP contribution in [-0.4, -0.2) is 120 Å². The molecule has 58 heavy (non-hydrogen) atoms. The summed E-state index contributed by atoms with van der Waals surface area (Å²) in [6.07, 6.45) is -6.13. The van der Waals surface area contributed by atoms with E-state index in [2.05, 4.69) is 16.0 Å². The van der Waals surface area contributed by atoms with Crippen molar-refractivity contribution in [1.29, 1.82) is 0 Å². The van der Waals surface area contributed by atoms with Crippen molar-refractivity contribution in [2.45, 2.75) is 95.4 Å².